The topological polar surface area (TPSA) is 35.5 Å². The summed E-state index contributed by atoms with van der Waals surface area (Å²) in [7, 11) is 1.44. The second-order valence-electron chi connectivity index (χ2n) is 9.92. The van der Waals surface area contributed by atoms with Gasteiger partial charge in [0.15, 0.2) is 0 Å². The molecule has 1 aromatic carbocycles. The lowest BCUT2D eigenvalue weighted by Gasteiger charge is -2.63. The monoisotopic (exact) mass is 356 g/mol. The molecule has 0 spiro atoms. The van der Waals surface area contributed by atoms with Gasteiger partial charge in [-0.1, -0.05) is 27.2 Å². The predicted octanol–water partition coefficient (Wildman–Crippen LogP) is 5.41. The van der Waals surface area contributed by atoms with E-state index in [0.29, 0.717) is 22.3 Å². The Morgan fingerprint density at radius 2 is 1.88 bits per heavy atom. The summed E-state index contributed by atoms with van der Waals surface area (Å²) in [4.78, 5) is 12.0. The normalized spacial score (nSPS) is 37.6. The Labute approximate surface area is 157 Å². The molecule has 0 bridgehead atoms. The molecular weight excluding hydrogens is 324 g/mol. The van der Waals surface area contributed by atoms with Crippen molar-refractivity contribution < 1.29 is 14.3 Å². The molecule has 3 aliphatic rings. The number of fused-ring (bicyclic) bond motifs is 4. The lowest BCUT2D eigenvalue weighted by molar-refractivity contribution is -0.162. The molecule has 0 radical (unpaired) electrons. The molecule has 0 amide bonds. The van der Waals surface area contributed by atoms with Gasteiger partial charge >= 0.3 is 5.97 Å². The quantitative estimate of drug-likeness (QED) is 0.631. The first kappa shape index (κ1) is 17.9. The molecule has 1 aromatic rings. The molecule has 0 saturated heterocycles. The second-order valence-corrected chi connectivity index (χ2v) is 9.92. The number of benzene rings is 1. The molecule has 2 aliphatic carbocycles. The van der Waals surface area contributed by atoms with Gasteiger partial charge < -0.3 is 9.47 Å². The molecule has 0 N–H and O–H groups in total. The molecule has 26 heavy (non-hydrogen) atoms. The predicted molar refractivity (Wildman–Crippen MR) is 102 cm³/mol. The average Bonchev–Trinajstić information content (AvgIpc) is 2.58. The number of carbonyl (C=O) groups is 1. The Bertz CT molecular complexity index is 737. The van der Waals surface area contributed by atoms with Crippen molar-refractivity contribution in [2.45, 2.75) is 71.8 Å². The summed E-state index contributed by atoms with van der Waals surface area (Å²) in [6.07, 6.45) is 7.31. The minimum atomic E-state index is -0.271. The van der Waals surface area contributed by atoms with Gasteiger partial charge in [0.2, 0.25) is 0 Å². The van der Waals surface area contributed by atoms with Gasteiger partial charge in [-0.05, 0) is 79.5 Å². The summed E-state index contributed by atoms with van der Waals surface area (Å²) in [6.45, 7) is 9.76. The minimum Gasteiger partial charge on any atom is -0.487 e. The van der Waals surface area contributed by atoms with Crippen LogP contribution in [0.4, 0.5) is 0 Å². The first-order valence-corrected chi connectivity index (χ1v) is 10.1. The Morgan fingerprint density at radius 1 is 1.12 bits per heavy atom. The van der Waals surface area contributed by atoms with Crippen LogP contribution >= 0.6 is 0 Å². The fourth-order valence-corrected chi connectivity index (χ4v) is 6.73. The van der Waals surface area contributed by atoms with E-state index in [1.807, 2.05) is 18.2 Å². The van der Waals surface area contributed by atoms with Crippen LogP contribution < -0.4 is 4.74 Å². The van der Waals surface area contributed by atoms with Crippen LogP contribution in [0.15, 0.2) is 18.2 Å². The highest BCUT2D eigenvalue weighted by Crippen LogP contribution is 2.64. The van der Waals surface area contributed by atoms with Gasteiger partial charge in [-0.3, -0.25) is 0 Å². The SMILES string of the molecule is COC(=O)c1ccc2c(c1)C[C@@H]1[C@@]3(C)CCCC(C)(C)[C@@H]3CC[C@@]1(C)O2. The van der Waals surface area contributed by atoms with Crippen molar-refractivity contribution in [3.8, 4) is 5.75 Å². The van der Waals surface area contributed by atoms with Crippen molar-refractivity contribution in [3.05, 3.63) is 29.3 Å². The number of methoxy groups -OCH3 is 1. The van der Waals surface area contributed by atoms with Crippen molar-refractivity contribution >= 4 is 5.97 Å². The summed E-state index contributed by atoms with van der Waals surface area (Å²) < 4.78 is 11.5. The van der Waals surface area contributed by atoms with Crippen LogP contribution in [0, 0.1) is 22.7 Å². The molecule has 4 atom stereocenters. The molecule has 1 heterocycles. The fraction of sp³-hybridized carbons (Fsp3) is 0.696. The lowest BCUT2D eigenvalue weighted by atomic mass is 9.44. The molecule has 4 rings (SSSR count). The van der Waals surface area contributed by atoms with Crippen molar-refractivity contribution in [1.82, 2.24) is 0 Å². The molecule has 3 nitrogen and oxygen atoms in total. The minimum absolute atomic E-state index is 0.0988. The zero-order chi connectivity index (χ0) is 18.7. The lowest BCUT2D eigenvalue weighted by Crippen LogP contribution is -2.61. The average molecular weight is 357 g/mol. The number of rotatable bonds is 1. The Hall–Kier alpha value is -1.51. The molecule has 0 unspecified atom stereocenters. The fourth-order valence-electron chi connectivity index (χ4n) is 6.73. The molecular formula is C23H32O3. The van der Waals surface area contributed by atoms with Crippen LogP contribution in [0.1, 0.15) is 75.7 Å². The number of ether oxygens (including phenoxy) is 2. The first-order chi connectivity index (χ1) is 12.2. The van der Waals surface area contributed by atoms with Gasteiger partial charge in [0.25, 0.3) is 0 Å². The summed E-state index contributed by atoms with van der Waals surface area (Å²) in [6, 6.07) is 5.77. The summed E-state index contributed by atoms with van der Waals surface area (Å²) >= 11 is 0. The van der Waals surface area contributed by atoms with E-state index < -0.39 is 0 Å². The largest absolute Gasteiger partial charge is 0.487 e. The van der Waals surface area contributed by atoms with Crippen LogP contribution in [-0.2, 0) is 11.2 Å². The van der Waals surface area contributed by atoms with E-state index in [1.165, 1.54) is 38.4 Å². The van der Waals surface area contributed by atoms with Crippen molar-refractivity contribution in [2.75, 3.05) is 7.11 Å². The smallest absolute Gasteiger partial charge is 0.337 e. The van der Waals surface area contributed by atoms with E-state index in [4.69, 9.17) is 9.47 Å². The van der Waals surface area contributed by atoms with E-state index in [9.17, 15) is 4.79 Å². The van der Waals surface area contributed by atoms with Gasteiger partial charge in [0.1, 0.15) is 11.4 Å². The van der Waals surface area contributed by atoms with E-state index in [2.05, 4.69) is 27.7 Å². The maximum atomic E-state index is 12.0. The molecule has 2 fully saturated rings. The highest BCUT2D eigenvalue weighted by Gasteiger charge is 2.60. The first-order valence-electron chi connectivity index (χ1n) is 10.1. The zero-order valence-electron chi connectivity index (χ0n) is 16.9. The van der Waals surface area contributed by atoms with Crippen LogP contribution in [0.25, 0.3) is 0 Å². The Balaban J connectivity index is 1.74. The van der Waals surface area contributed by atoms with Gasteiger partial charge in [-0.2, -0.15) is 0 Å². The Kier molecular flexibility index (Phi) is 3.95. The second kappa shape index (κ2) is 5.74. The third-order valence-electron chi connectivity index (χ3n) is 7.99. The number of hydrogen-bond acceptors (Lipinski definition) is 3. The van der Waals surface area contributed by atoms with Crippen LogP contribution in [0.3, 0.4) is 0 Å². The van der Waals surface area contributed by atoms with Crippen LogP contribution in [0.2, 0.25) is 0 Å². The van der Waals surface area contributed by atoms with Crippen LogP contribution in [0.5, 0.6) is 5.75 Å². The van der Waals surface area contributed by atoms with Gasteiger partial charge in [-0.25, -0.2) is 4.79 Å². The van der Waals surface area contributed by atoms with Crippen molar-refractivity contribution in [1.29, 1.82) is 0 Å². The molecule has 142 valence electrons. The third kappa shape index (κ3) is 2.50. The molecule has 1 aliphatic heterocycles. The van der Waals surface area contributed by atoms with Gasteiger partial charge in [-0.15, -0.1) is 0 Å². The van der Waals surface area contributed by atoms with Gasteiger partial charge in [0.05, 0.1) is 12.7 Å². The van der Waals surface area contributed by atoms with E-state index in [0.717, 1.165) is 24.5 Å². The maximum Gasteiger partial charge on any atom is 0.337 e. The summed E-state index contributed by atoms with van der Waals surface area (Å²) in [5, 5.41) is 0. The standard InChI is InChI=1S/C23H32O3/c1-21(2)10-6-11-22(3)18(21)9-12-23(4)19(22)14-16-13-15(20(24)25-5)7-8-17(16)26-23/h7-8,13,18-19H,6,9-12,14H2,1-5H3/t18-,19+,22-,23+/m0/s1. The molecule has 3 heteroatoms. The highest BCUT2D eigenvalue weighted by atomic mass is 16.5. The third-order valence-corrected chi connectivity index (χ3v) is 7.99. The van der Waals surface area contributed by atoms with E-state index >= 15 is 0 Å². The van der Waals surface area contributed by atoms with Crippen molar-refractivity contribution in [2.24, 2.45) is 22.7 Å². The summed E-state index contributed by atoms with van der Waals surface area (Å²) in [5.41, 5.74) is 2.40. The number of carbonyl (C=O) groups excluding carboxylic acids is 1. The van der Waals surface area contributed by atoms with E-state index in [-0.39, 0.29) is 11.6 Å². The molecule has 2 saturated carbocycles. The highest BCUT2D eigenvalue weighted by molar-refractivity contribution is 5.89. The van der Waals surface area contributed by atoms with E-state index in [1.54, 1.807) is 0 Å². The van der Waals surface area contributed by atoms with Crippen LogP contribution in [-0.4, -0.2) is 18.7 Å². The maximum absolute atomic E-state index is 12.0. The summed E-state index contributed by atoms with van der Waals surface area (Å²) in [5.74, 6) is 1.92. The zero-order valence-corrected chi connectivity index (χ0v) is 16.9. The number of esters is 1. The Morgan fingerprint density at radius 3 is 2.62 bits per heavy atom. The van der Waals surface area contributed by atoms with Gasteiger partial charge in [0, 0.05) is 5.92 Å². The van der Waals surface area contributed by atoms with Crippen molar-refractivity contribution in [3.63, 3.8) is 0 Å². The number of hydrogen-bond donors (Lipinski definition) is 0. The molecule has 0 aromatic heterocycles.